The Kier molecular flexibility index (Phi) is 3.88. The Labute approximate surface area is 89.9 Å². The second-order valence-corrected chi connectivity index (χ2v) is 4.46. The number of aliphatic carboxylic acids is 2. The molecule has 0 saturated heterocycles. The van der Waals surface area contributed by atoms with Crippen LogP contribution in [0.2, 0.25) is 0 Å². The minimum absolute atomic E-state index is 0.0584. The average Bonchev–Trinajstić information content (AvgIpc) is 2.03. The summed E-state index contributed by atoms with van der Waals surface area (Å²) in [5.74, 6) is -2.56. The molecule has 0 atom stereocenters. The van der Waals surface area contributed by atoms with E-state index < -0.39 is 17.5 Å². The highest BCUT2D eigenvalue weighted by molar-refractivity contribution is 6.01. The molecule has 15 heavy (non-hydrogen) atoms. The van der Waals surface area contributed by atoms with Gasteiger partial charge in [0, 0.05) is 6.42 Å². The van der Waals surface area contributed by atoms with E-state index >= 15 is 0 Å². The maximum atomic E-state index is 11.2. The van der Waals surface area contributed by atoms with E-state index in [9.17, 15) is 19.8 Å². The first-order chi connectivity index (χ1) is 6.64. The predicted molar refractivity (Wildman–Crippen MR) is 55.5 cm³/mol. The fourth-order valence-electron chi connectivity index (χ4n) is 1.74. The summed E-state index contributed by atoms with van der Waals surface area (Å²) in [6, 6.07) is -0.0860. The van der Waals surface area contributed by atoms with Crippen molar-refractivity contribution in [1.29, 1.82) is 0 Å². The molecule has 0 aromatic rings. The molecule has 0 spiro atoms. The second kappa shape index (κ2) is 4.18. The molecule has 5 heteroatoms. The van der Waals surface area contributed by atoms with Gasteiger partial charge in [-0.15, -0.1) is 0 Å². The number of quaternary nitrogens is 1. The molecule has 0 amide bonds. The first-order valence-electron chi connectivity index (χ1n) is 4.95. The Morgan fingerprint density at radius 2 is 1.53 bits per heavy atom. The van der Waals surface area contributed by atoms with E-state index in [-0.39, 0.29) is 16.9 Å². The Morgan fingerprint density at radius 1 is 1.20 bits per heavy atom. The first kappa shape index (κ1) is 13.9. The zero-order valence-corrected chi connectivity index (χ0v) is 9.94. The SMILES string of the molecule is CCC(C(=O)O)(C(=O)O)[N+](C)(C)C(C)C. The van der Waals surface area contributed by atoms with E-state index in [1.54, 1.807) is 21.0 Å². The van der Waals surface area contributed by atoms with Crippen LogP contribution in [-0.2, 0) is 9.59 Å². The number of carbonyl (C=O) groups is 2. The van der Waals surface area contributed by atoms with Crippen LogP contribution >= 0.6 is 0 Å². The van der Waals surface area contributed by atoms with Gasteiger partial charge in [-0.25, -0.2) is 9.59 Å². The third-order valence-corrected chi connectivity index (χ3v) is 3.49. The number of hydrogen-bond donors (Lipinski definition) is 2. The summed E-state index contributed by atoms with van der Waals surface area (Å²) < 4.78 is -0.0752. The fourth-order valence-corrected chi connectivity index (χ4v) is 1.74. The highest BCUT2D eigenvalue weighted by Crippen LogP contribution is 2.28. The maximum absolute atomic E-state index is 11.2. The van der Waals surface area contributed by atoms with Gasteiger partial charge in [-0.3, -0.25) is 0 Å². The molecule has 0 aliphatic carbocycles. The molecule has 0 rings (SSSR count). The Balaban J connectivity index is 5.66. The van der Waals surface area contributed by atoms with Crippen LogP contribution in [0.3, 0.4) is 0 Å². The van der Waals surface area contributed by atoms with Crippen LogP contribution in [0.1, 0.15) is 27.2 Å². The standard InChI is InChI=1S/C10H19NO4/c1-6-10(8(12)13,9(14)15)11(4,5)7(2)3/h7H,6H2,1-5H3,(H-,12,13,14,15)/p+1. The minimum atomic E-state index is -1.77. The highest BCUT2D eigenvalue weighted by atomic mass is 16.4. The van der Waals surface area contributed by atoms with Crippen molar-refractivity contribution in [3.63, 3.8) is 0 Å². The molecule has 0 aliphatic rings. The molecule has 0 radical (unpaired) electrons. The van der Waals surface area contributed by atoms with Gasteiger partial charge in [0.1, 0.15) is 0 Å². The molecule has 0 fully saturated rings. The predicted octanol–water partition coefficient (Wildman–Crippen LogP) is 0.789. The van der Waals surface area contributed by atoms with Gasteiger partial charge in [-0.1, -0.05) is 6.92 Å². The third kappa shape index (κ3) is 1.84. The molecule has 5 nitrogen and oxygen atoms in total. The zero-order valence-electron chi connectivity index (χ0n) is 9.94. The molecule has 2 N–H and O–H groups in total. The molecular weight excluding hydrogens is 198 g/mol. The van der Waals surface area contributed by atoms with Gasteiger partial charge < -0.3 is 14.7 Å². The summed E-state index contributed by atoms with van der Waals surface area (Å²) in [6.45, 7) is 5.22. The van der Waals surface area contributed by atoms with Crippen molar-refractivity contribution in [3.8, 4) is 0 Å². The quantitative estimate of drug-likeness (QED) is 0.528. The van der Waals surface area contributed by atoms with Gasteiger partial charge in [0.05, 0.1) is 20.1 Å². The van der Waals surface area contributed by atoms with Crippen LogP contribution in [-0.4, -0.2) is 52.3 Å². The third-order valence-electron chi connectivity index (χ3n) is 3.49. The van der Waals surface area contributed by atoms with E-state index in [4.69, 9.17) is 0 Å². The lowest BCUT2D eigenvalue weighted by Gasteiger charge is -2.45. The molecular formula is C10H20NO4+. The molecule has 0 bridgehead atoms. The van der Waals surface area contributed by atoms with Gasteiger partial charge >= 0.3 is 11.9 Å². The van der Waals surface area contributed by atoms with Gasteiger partial charge in [0.2, 0.25) is 0 Å². The summed E-state index contributed by atoms with van der Waals surface area (Å²) in [5.41, 5.74) is -1.77. The lowest BCUT2D eigenvalue weighted by Crippen LogP contribution is -2.70. The number of likely N-dealkylation sites (N-methyl/N-ethyl adjacent to an activating group) is 1. The van der Waals surface area contributed by atoms with Gasteiger partial charge in [-0.05, 0) is 13.8 Å². The van der Waals surface area contributed by atoms with Crippen LogP contribution in [0.25, 0.3) is 0 Å². The molecule has 88 valence electrons. The van der Waals surface area contributed by atoms with Crippen molar-refractivity contribution in [3.05, 3.63) is 0 Å². The normalized spacial score (nSPS) is 12.9. The summed E-state index contributed by atoms with van der Waals surface area (Å²) in [4.78, 5) is 22.5. The summed E-state index contributed by atoms with van der Waals surface area (Å²) >= 11 is 0. The largest absolute Gasteiger partial charge is 0.476 e. The number of nitrogens with zero attached hydrogens (tertiary/aromatic N) is 1. The van der Waals surface area contributed by atoms with E-state index in [0.717, 1.165) is 0 Å². The highest BCUT2D eigenvalue weighted by Gasteiger charge is 2.59. The monoisotopic (exact) mass is 218 g/mol. The number of rotatable bonds is 5. The van der Waals surface area contributed by atoms with E-state index in [1.165, 1.54) is 0 Å². The van der Waals surface area contributed by atoms with Crippen molar-refractivity contribution in [2.24, 2.45) is 0 Å². The molecule has 0 saturated carbocycles. The Morgan fingerprint density at radius 3 is 1.60 bits per heavy atom. The van der Waals surface area contributed by atoms with Crippen LogP contribution in [0.4, 0.5) is 0 Å². The van der Waals surface area contributed by atoms with E-state index in [0.29, 0.717) is 0 Å². The molecule has 0 heterocycles. The van der Waals surface area contributed by atoms with E-state index in [1.807, 2.05) is 13.8 Å². The molecule has 0 unspecified atom stereocenters. The summed E-state index contributed by atoms with van der Waals surface area (Å²) in [7, 11) is 3.27. The minimum Gasteiger partial charge on any atom is -0.476 e. The summed E-state index contributed by atoms with van der Waals surface area (Å²) in [6.07, 6.45) is 0.0584. The van der Waals surface area contributed by atoms with Crippen molar-refractivity contribution in [1.82, 2.24) is 0 Å². The molecule has 0 aromatic carbocycles. The Hall–Kier alpha value is -1.10. The van der Waals surface area contributed by atoms with Crippen molar-refractivity contribution in [2.45, 2.75) is 38.8 Å². The van der Waals surface area contributed by atoms with Crippen molar-refractivity contribution >= 4 is 11.9 Å². The van der Waals surface area contributed by atoms with Crippen molar-refractivity contribution < 1.29 is 24.3 Å². The van der Waals surface area contributed by atoms with Gasteiger partial charge in [0.15, 0.2) is 0 Å². The molecule has 0 aromatic heterocycles. The van der Waals surface area contributed by atoms with Crippen LogP contribution < -0.4 is 0 Å². The number of carboxylic acids is 2. The fraction of sp³-hybridized carbons (Fsp3) is 0.800. The number of hydrogen-bond acceptors (Lipinski definition) is 2. The number of carboxylic acid groups (broad SMARTS) is 2. The van der Waals surface area contributed by atoms with Crippen molar-refractivity contribution in [2.75, 3.05) is 14.1 Å². The topological polar surface area (TPSA) is 74.6 Å². The smallest absolute Gasteiger partial charge is 0.377 e. The second-order valence-electron chi connectivity index (χ2n) is 4.46. The van der Waals surface area contributed by atoms with Crippen LogP contribution in [0.15, 0.2) is 0 Å². The van der Waals surface area contributed by atoms with E-state index in [2.05, 4.69) is 0 Å². The summed E-state index contributed by atoms with van der Waals surface area (Å²) in [5, 5.41) is 18.4. The average molecular weight is 218 g/mol. The van der Waals surface area contributed by atoms with Gasteiger partial charge in [-0.2, -0.15) is 0 Å². The maximum Gasteiger partial charge on any atom is 0.377 e. The first-order valence-corrected chi connectivity index (χ1v) is 4.95. The van der Waals surface area contributed by atoms with Crippen LogP contribution in [0.5, 0.6) is 0 Å². The van der Waals surface area contributed by atoms with Crippen LogP contribution in [0, 0.1) is 0 Å². The lowest BCUT2D eigenvalue weighted by molar-refractivity contribution is -0.942. The Bertz CT molecular complexity index is 257. The zero-order chi connectivity index (χ0) is 12.4. The molecule has 0 aliphatic heterocycles. The van der Waals surface area contributed by atoms with Gasteiger partial charge in [0.25, 0.3) is 5.54 Å². The lowest BCUT2D eigenvalue weighted by atomic mass is 9.90.